The minimum absolute atomic E-state index is 0.649. The Bertz CT molecular complexity index is 418. The maximum atomic E-state index is 5.68. The first-order valence-electron chi connectivity index (χ1n) is 6.91. The van der Waals surface area contributed by atoms with E-state index in [1.807, 2.05) is 0 Å². The van der Waals surface area contributed by atoms with Gasteiger partial charge in [-0.1, -0.05) is 12.1 Å². The van der Waals surface area contributed by atoms with Gasteiger partial charge in [-0.05, 0) is 30.4 Å². The van der Waals surface area contributed by atoms with Crippen molar-refractivity contribution in [2.24, 2.45) is 11.7 Å². The second kappa shape index (κ2) is 4.90. The van der Waals surface area contributed by atoms with Gasteiger partial charge in [-0.15, -0.1) is 0 Å². The number of benzene rings is 1. The number of fused-ring (bicyclic) bond motifs is 3. The van der Waals surface area contributed by atoms with E-state index in [0.717, 1.165) is 31.3 Å². The lowest BCUT2D eigenvalue weighted by molar-refractivity contribution is 0.330. The van der Waals surface area contributed by atoms with Gasteiger partial charge in [0.15, 0.2) is 0 Å². The van der Waals surface area contributed by atoms with Crippen molar-refractivity contribution in [2.45, 2.75) is 18.8 Å². The molecule has 0 spiro atoms. The summed E-state index contributed by atoms with van der Waals surface area (Å²) in [6, 6.07) is 6.48. The first-order chi connectivity index (χ1) is 8.83. The first-order valence-corrected chi connectivity index (χ1v) is 6.91. The number of ether oxygens (including phenoxy) is 1. The van der Waals surface area contributed by atoms with E-state index in [9.17, 15) is 0 Å². The zero-order chi connectivity index (χ0) is 12.5. The Kier molecular flexibility index (Phi) is 3.27. The van der Waals surface area contributed by atoms with Gasteiger partial charge >= 0.3 is 0 Å². The van der Waals surface area contributed by atoms with Crippen molar-refractivity contribution in [1.82, 2.24) is 4.90 Å². The van der Waals surface area contributed by atoms with Gasteiger partial charge in [-0.3, -0.25) is 0 Å². The molecule has 3 rings (SSSR count). The zero-order valence-electron chi connectivity index (χ0n) is 11.1. The molecular weight excluding hydrogens is 224 g/mol. The van der Waals surface area contributed by atoms with E-state index in [0.29, 0.717) is 5.92 Å². The molecule has 0 bridgehead atoms. The molecule has 0 amide bonds. The highest BCUT2D eigenvalue weighted by Gasteiger charge is 2.38. The molecule has 98 valence electrons. The van der Waals surface area contributed by atoms with Crippen LogP contribution >= 0.6 is 0 Å². The van der Waals surface area contributed by atoms with Crippen molar-refractivity contribution in [1.29, 1.82) is 0 Å². The standard InChI is InChI=1S/C15H22N2O/c1-18-14-4-2-3-11-5-6-12-9-17(8-7-16)10-13(12)15(11)14/h2-4,12-13H,5-10,16H2,1H3/t12-,13-/m1/s1. The van der Waals surface area contributed by atoms with E-state index in [2.05, 4.69) is 23.1 Å². The summed E-state index contributed by atoms with van der Waals surface area (Å²) in [6.45, 7) is 4.14. The number of hydrogen-bond donors (Lipinski definition) is 1. The van der Waals surface area contributed by atoms with E-state index in [1.54, 1.807) is 7.11 Å². The molecule has 1 aliphatic heterocycles. The Morgan fingerprint density at radius 1 is 1.39 bits per heavy atom. The van der Waals surface area contributed by atoms with Gasteiger partial charge < -0.3 is 15.4 Å². The second-order valence-electron chi connectivity index (χ2n) is 5.49. The van der Waals surface area contributed by atoms with Crippen molar-refractivity contribution in [3.8, 4) is 5.75 Å². The Morgan fingerprint density at radius 3 is 3.06 bits per heavy atom. The molecule has 0 aromatic heterocycles. The zero-order valence-corrected chi connectivity index (χ0v) is 11.1. The summed E-state index contributed by atoms with van der Waals surface area (Å²) in [5, 5.41) is 0. The van der Waals surface area contributed by atoms with E-state index in [1.165, 1.54) is 30.5 Å². The van der Waals surface area contributed by atoms with Gasteiger partial charge in [0.05, 0.1) is 7.11 Å². The second-order valence-corrected chi connectivity index (χ2v) is 5.49. The molecular formula is C15H22N2O. The summed E-state index contributed by atoms with van der Waals surface area (Å²) in [6.07, 6.45) is 2.51. The van der Waals surface area contributed by atoms with Crippen LogP contribution in [0.5, 0.6) is 5.75 Å². The third-order valence-corrected chi connectivity index (χ3v) is 4.49. The Balaban J connectivity index is 1.92. The van der Waals surface area contributed by atoms with Crippen LogP contribution in [-0.2, 0) is 6.42 Å². The third-order valence-electron chi connectivity index (χ3n) is 4.49. The van der Waals surface area contributed by atoms with Gasteiger partial charge in [0, 0.05) is 37.7 Å². The van der Waals surface area contributed by atoms with Crippen molar-refractivity contribution >= 4 is 0 Å². The minimum atomic E-state index is 0.649. The van der Waals surface area contributed by atoms with Crippen LogP contribution in [0.15, 0.2) is 18.2 Å². The molecule has 2 N–H and O–H groups in total. The number of hydrogen-bond acceptors (Lipinski definition) is 3. The fourth-order valence-corrected chi connectivity index (χ4v) is 3.69. The Hall–Kier alpha value is -1.06. The fourth-order valence-electron chi connectivity index (χ4n) is 3.69. The number of likely N-dealkylation sites (tertiary alicyclic amines) is 1. The molecule has 3 nitrogen and oxygen atoms in total. The van der Waals surface area contributed by atoms with Crippen molar-refractivity contribution in [3.05, 3.63) is 29.3 Å². The number of nitrogens with zero attached hydrogens (tertiary/aromatic N) is 1. The molecule has 1 aromatic rings. The highest BCUT2D eigenvalue weighted by atomic mass is 16.5. The molecule has 1 aromatic carbocycles. The number of aryl methyl sites for hydroxylation is 1. The van der Waals surface area contributed by atoms with Crippen LogP contribution < -0.4 is 10.5 Å². The van der Waals surface area contributed by atoms with E-state index in [4.69, 9.17) is 10.5 Å². The molecule has 3 heteroatoms. The molecule has 18 heavy (non-hydrogen) atoms. The molecule has 2 aliphatic rings. The van der Waals surface area contributed by atoms with E-state index < -0.39 is 0 Å². The van der Waals surface area contributed by atoms with Crippen LogP contribution in [0.2, 0.25) is 0 Å². The third kappa shape index (κ3) is 1.91. The average molecular weight is 246 g/mol. The van der Waals surface area contributed by atoms with Crippen LogP contribution in [0.4, 0.5) is 0 Å². The molecule has 1 fully saturated rings. The molecule has 0 unspecified atom stereocenters. The van der Waals surface area contributed by atoms with Crippen LogP contribution in [0.25, 0.3) is 0 Å². The highest BCUT2D eigenvalue weighted by molar-refractivity contribution is 5.45. The molecule has 0 radical (unpaired) electrons. The quantitative estimate of drug-likeness (QED) is 0.880. The SMILES string of the molecule is COc1cccc2c1[C@@H]1CN(CCN)C[C@H]1CC2. The summed E-state index contributed by atoms with van der Waals surface area (Å²) < 4.78 is 5.57. The monoisotopic (exact) mass is 246 g/mol. The molecule has 1 saturated heterocycles. The van der Waals surface area contributed by atoms with Gasteiger partial charge in [0.2, 0.25) is 0 Å². The van der Waals surface area contributed by atoms with Crippen LogP contribution in [-0.4, -0.2) is 38.2 Å². The smallest absolute Gasteiger partial charge is 0.122 e. The van der Waals surface area contributed by atoms with E-state index in [-0.39, 0.29) is 0 Å². The Labute approximate surface area is 109 Å². The molecule has 0 saturated carbocycles. The maximum Gasteiger partial charge on any atom is 0.122 e. The largest absolute Gasteiger partial charge is 0.496 e. The van der Waals surface area contributed by atoms with Gasteiger partial charge in [-0.2, -0.15) is 0 Å². The van der Waals surface area contributed by atoms with Crippen molar-refractivity contribution in [2.75, 3.05) is 33.3 Å². The number of nitrogens with two attached hydrogens (primary N) is 1. The predicted molar refractivity (Wildman–Crippen MR) is 73.0 cm³/mol. The summed E-state index contributed by atoms with van der Waals surface area (Å²) in [5.74, 6) is 2.52. The first kappa shape index (κ1) is 12.0. The maximum absolute atomic E-state index is 5.68. The lowest BCUT2D eigenvalue weighted by atomic mass is 9.76. The summed E-state index contributed by atoms with van der Waals surface area (Å²) in [5.41, 5.74) is 8.64. The highest BCUT2D eigenvalue weighted by Crippen LogP contribution is 2.45. The average Bonchev–Trinajstić information content (AvgIpc) is 2.81. The van der Waals surface area contributed by atoms with Crippen LogP contribution in [0.3, 0.4) is 0 Å². The van der Waals surface area contributed by atoms with Crippen LogP contribution in [0, 0.1) is 5.92 Å². The fraction of sp³-hybridized carbons (Fsp3) is 0.600. The normalized spacial score (nSPS) is 26.8. The number of rotatable bonds is 3. The predicted octanol–water partition coefficient (Wildman–Crippen LogP) is 1.62. The molecule has 1 aliphatic carbocycles. The molecule has 1 heterocycles. The summed E-state index contributed by atoms with van der Waals surface area (Å²) in [7, 11) is 1.78. The van der Waals surface area contributed by atoms with E-state index >= 15 is 0 Å². The minimum Gasteiger partial charge on any atom is -0.496 e. The van der Waals surface area contributed by atoms with Crippen molar-refractivity contribution in [3.63, 3.8) is 0 Å². The number of methoxy groups -OCH3 is 1. The summed E-state index contributed by atoms with van der Waals surface area (Å²) in [4.78, 5) is 2.51. The van der Waals surface area contributed by atoms with Gasteiger partial charge in [-0.25, -0.2) is 0 Å². The lowest BCUT2D eigenvalue weighted by Crippen LogP contribution is -2.27. The summed E-state index contributed by atoms with van der Waals surface area (Å²) >= 11 is 0. The van der Waals surface area contributed by atoms with Crippen LogP contribution in [0.1, 0.15) is 23.5 Å². The Morgan fingerprint density at radius 2 is 2.28 bits per heavy atom. The van der Waals surface area contributed by atoms with Crippen molar-refractivity contribution < 1.29 is 4.74 Å². The topological polar surface area (TPSA) is 38.5 Å². The lowest BCUT2D eigenvalue weighted by Gasteiger charge is -2.28. The molecule has 2 atom stereocenters. The van der Waals surface area contributed by atoms with Gasteiger partial charge in [0.25, 0.3) is 0 Å². The van der Waals surface area contributed by atoms with Gasteiger partial charge in [0.1, 0.15) is 5.75 Å².